The summed E-state index contributed by atoms with van der Waals surface area (Å²) in [5.41, 5.74) is 2.72. The van der Waals surface area contributed by atoms with Crippen LogP contribution in [0.3, 0.4) is 0 Å². The summed E-state index contributed by atoms with van der Waals surface area (Å²) >= 11 is 0. The van der Waals surface area contributed by atoms with Crippen LogP contribution in [0.15, 0.2) is 42.6 Å². The molecule has 0 bridgehead atoms. The van der Waals surface area contributed by atoms with Gasteiger partial charge in [-0.25, -0.2) is 9.83 Å². The summed E-state index contributed by atoms with van der Waals surface area (Å²) in [7, 11) is 0. The van der Waals surface area contributed by atoms with Gasteiger partial charge in [-0.05, 0) is 30.7 Å². The number of piperazine rings is 1. The van der Waals surface area contributed by atoms with Crippen LogP contribution >= 0.6 is 0 Å². The minimum Gasteiger partial charge on any atom is -0.458 e. The van der Waals surface area contributed by atoms with Gasteiger partial charge in [0, 0.05) is 50.8 Å². The Hall–Kier alpha value is -3.24. The molecule has 0 aliphatic carbocycles. The molecular formula is C24H28N4O3. The molecule has 1 saturated heterocycles. The Morgan fingerprint density at radius 1 is 1.06 bits per heavy atom. The molecule has 2 aromatic rings. The third kappa shape index (κ3) is 6.63. The number of ketones is 1. The highest BCUT2D eigenvalue weighted by atomic mass is 16.5. The zero-order valence-corrected chi connectivity index (χ0v) is 17.9. The SMILES string of the molecule is [C-]#[N+]c1ccc(-c2ccc(N3CCN(CCCC(=O)OCC(=O)CC)CC3)nc2)cc1. The van der Waals surface area contributed by atoms with Crippen molar-refractivity contribution in [1.29, 1.82) is 0 Å². The molecule has 1 fully saturated rings. The van der Waals surface area contributed by atoms with Crippen LogP contribution in [0.2, 0.25) is 0 Å². The summed E-state index contributed by atoms with van der Waals surface area (Å²) in [5.74, 6) is 0.614. The number of aromatic nitrogens is 1. The Morgan fingerprint density at radius 2 is 1.77 bits per heavy atom. The maximum Gasteiger partial charge on any atom is 0.306 e. The molecule has 0 atom stereocenters. The highest BCUT2D eigenvalue weighted by Gasteiger charge is 2.18. The largest absolute Gasteiger partial charge is 0.458 e. The zero-order chi connectivity index (χ0) is 22.1. The van der Waals surface area contributed by atoms with E-state index in [1.807, 2.05) is 36.5 Å². The van der Waals surface area contributed by atoms with Crippen LogP contribution in [-0.2, 0) is 14.3 Å². The first kappa shape index (κ1) is 22.4. The lowest BCUT2D eigenvalue weighted by molar-refractivity contribution is -0.148. The number of rotatable bonds is 9. The van der Waals surface area contributed by atoms with Crippen LogP contribution in [0.4, 0.5) is 11.5 Å². The molecule has 7 nitrogen and oxygen atoms in total. The molecule has 1 aliphatic rings. The van der Waals surface area contributed by atoms with E-state index >= 15 is 0 Å². The topological polar surface area (TPSA) is 67.1 Å². The predicted molar refractivity (Wildman–Crippen MR) is 120 cm³/mol. The number of hydrogen-bond donors (Lipinski definition) is 0. The molecule has 162 valence electrons. The van der Waals surface area contributed by atoms with Gasteiger partial charge < -0.3 is 9.64 Å². The average Bonchev–Trinajstić information content (AvgIpc) is 2.83. The number of pyridine rings is 1. The maximum atomic E-state index is 11.7. The van der Waals surface area contributed by atoms with Gasteiger partial charge in [-0.2, -0.15) is 0 Å². The number of ether oxygens (including phenoxy) is 1. The van der Waals surface area contributed by atoms with Crippen LogP contribution in [0, 0.1) is 6.57 Å². The van der Waals surface area contributed by atoms with Crippen LogP contribution in [-0.4, -0.2) is 61.0 Å². The summed E-state index contributed by atoms with van der Waals surface area (Å²) in [6.45, 7) is 13.2. The zero-order valence-electron chi connectivity index (χ0n) is 17.9. The first-order valence-corrected chi connectivity index (χ1v) is 10.7. The molecule has 1 aromatic heterocycles. The number of esters is 1. The van der Waals surface area contributed by atoms with Gasteiger partial charge >= 0.3 is 5.97 Å². The first-order chi connectivity index (χ1) is 15.1. The second kappa shape index (κ2) is 11.2. The Balaban J connectivity index is 1.40. The van der Waals surface area contributed by atoms with Crippen LogP contribution < -0.4 is 4.90 Å². The quantitative estimate of drug-likeness (QED) is 0.455. The van der Waals surface area contributed by atoms with Crippen molar-refractivity contribution in [1.82, 2.24) is 9.88 Å². The van der Waals surface area contributed by atoms with Gasteiger partial charge in [0.25, 0.3) is 0 Å². The Labute approximate surface area is 183 Å². The molecule has 0 amide bonds. The maximum absolute atomic E-state index is 11.7. The van der Waals surface area contributed by atoms with Crippen molar-refractivity contribution in [3.8, 4) is 11.1 Å². The van der Waals surface area contributed by atoms with E-state index in [1.165, 1.54) is 0 Å². The van der Waals surface area contributed by atoms with Gasteiger partial charge in [-0.3, -0.25) is 14.5 Å². The normalized spacial score (nSPS) is 14.1. The fourth-order valence-electron chi connectivity index (χ4n) is 3.46. The molecule has 2 heterocycles. The van der Waals surface area contributed by atoms with E-state index < -0.39 is 0 Å². The molecule has 1 aromatic carbocycles. The number of hydrogen-bond acceptors (Lipinski definition) is 6. The molecule has 1 aliphatic heterocycles. The Morgan fingerprint density at radius 3 is 2.39 bits per heavy atom. The van der Waals surface area contributed by atoms with E-state index in [0.717, 1.165) is 56.1 Å². The summed E-state index contributed by atoms with van der Waals surface area (Å²) in [4.78, 5) is 35.5. The summed E-state index contributed by atoms with van der Waals surface area (Å²) in [6.07, 6.45) is 3.35. The van der Waals surface area contributed by atoms with Crippen molar-refractivity contribution in [3.63, 3.8) is 0 Å². The number of anilines is 1. The third-order valence-electron chi connectivity index (χ3n) is 5.42. The molecule has 0 spiro atoms. The molecule has 0 saturated carbocycles. The Kier molecular flexibility index (Phi) is 8.13. The molecule has 7 heteroatoms. The number of benzene rings is 1. The van der Waals surface area contributed by atoms with Gasteiger partial charge in [0.1, 0.15) is 12.4 Å². The molecule has 31 heavy (non-hydrogen) atoms. The monoisotopic (exact) mass is 420 g/mol. The molecule has 3 rings (SSSR count). The number of nitrogens with zero attached hydrogens (tertiary/aromatic N) is 4. The number of Topliss-reactive ketones (excluding diaryl/α,β-unsaturated/α-hetero) is 1. The fourth-order valence-corrected chi connectivity index (χ4v) is 3.46. The standard InChI is InChI=1S/C24H28N4O3/c1-3-22(29)18-31-24(30)5-4-12-27-13-15-28(16-14-27)23-11-8-20(17-26-23)19-6-9-21(25-2)10-7-19/h6-11,17H,3-5,12-16,18H2,1H3. The second-order valence-electron chi connectivity index (χ2n) is 7.55. The van der Waals surface area contributed by atoms with Crippen molar-refractivity contribution in [2.75, 3.05) is 44.2 Å². The summed E-state index contributed by atoms with van der Waals surface area (Å²) in [5, 5.41) is 0. The van der Waals surface area contributed by atoms with E-state index in [-0.39, 0.29) is 18.4 Å². The van der Waals surface area contributed by atoms with E-state index in [1.54, 1.807) is 6.92 Å². The van der Waals surface area contributed by atoms with Crippen molar-refractivity contribution in [2.45, 2.75) is 26.2 Å². The van der Waals surface area contributed by atoms with Gasteiger partial charge in [0.05, 0.1) is 6.57 Å². The highest BCUT2D eigenvalue weighted by Crippen LogP contribution is 2.24. The summed E-state index contributed by atoms with van der Waals surface area (Å²) in [6, 6.07) is 11.6. The van der Waals surface area contributed by atoms with E-state index in [2.05, 4.69) is 25.7 Å². The molecule has 0 N–H and O–H groups in total. The van der Waals surface area contributed by atoms with Crippen LogP contribution in [0.5, 0.6) is 0 Å². The van der Waals surface area contributed by atoms with E-state index in [4.69, 9.17) is 11.3 Å². The third-order valence-corrected chi connectivity index (χ3v) is 5.42. The van der Waals surface area contributed by atoms with Crippen LogP contribution in [0.1, 0.15) is 26.2 Å². The lowest BCUT2D eigenvalue weighted by Crippen LogP contribution is -2.47. The minimum absolute atomic E-state index is 0.0517. The van der Waals surface area contributed by atoms with Gasteiger partial charge in [-0.1, -0.05) is 31.2 Å². The van der Waals surface area contributed by atoms with Gasteiger partial charge in [-0.15, -0.1) is 0 Å². The second-order valence-corrected chi connectivity index (χ2v) is 7.55. The molecular weight excluding hydrogens is 392 g/mol. The predicted octanol–water partition coefficient (Wildman–Crippen LogP) is 3.72. The van der Waals surface area contributed by atoms with Gasteiger partial charge in [0.15, 0.2) is 11.5 Å². The van der Waals surface area contributed by atoms with Gasteiger partial charge in [0.2, 0.25) is 0 Å². The van der Waals surface area contributed by atoms with Crippen molar-refractivity contribution >= 4 is 23.3 Å². The Bertz CT molecular complexity index is 911. The van der Waals surface area contributed by atoms with Crippen molar-refractivity contribution in [3.05, 3.63) is 54.0 Å². The van der Waals surface area contributed by atoms with Crippen molar-refractivity contribution < 1.29 is 14.3 Å². The fraction of sp³-hybridized carbons (Fsp3) is 0.417. The average molecular weight is 421 g/mol. The molecule has 0 radical (unpaired) electrons. The summed E-state index contributed by atoms with van der Waals surface area (Å²) < 4.78 is 4.98. The van der Waals surface area contributed by atoms with E-state index in [0.29, 0.717) is 18.5 Å². The highest BCUT2D eigenvalue weighted by molar-refractivity contribution is 5.82. The van der Waals surface area contributed by atoms with Crippen LogP contribution in [0.25, 0.3) is 16.0 Å². The number of carbonyl (C=O) groups excluding carboxylic acids is 2. The smallest absolute Gasteiger partial charge is 0.306 e. The molecule has 0 unspecified atom stereocenters. The minimum atomic E-state index is -0.298. The van der Waals surface area contributed by atoms with E-state index in [9.17, 15) is 9.59 Å². The lowest BCUT2D eigenvalue weighted by Gasteiger charge is -2.35. The first-order valence-electron chi connectivity index (χ1n) is 10.7. The lowest BCUT2D eigenvalue weighted by atomic mass is 10.1. The van der Waals surface area contributed by atoms with Crippen molar-refractivity contribution in [2.24, 2.45) is 0 Å². The number of carbonyl (C=O) groups is 2.